The van der Waals surface area contributed by atoms with Crippen LogP contribution in [0.15, 0.2) is 18.2 Å². The van der Waals surface area contributed by atoms with Gasteiger partial charge in [-0.25, -0.2) is 0 Å². The lowest BCUT2D eigenvalue weighted by atomic mass is 10.1. The van der Waals surface area contributed by atoms with Crippen molar-refractivity contribution in [3.8, 4) is 11.4 Å². The molecule has 0 spiro atoms. The smallest absolute Gasteiger partial charge is 0.280 e. The van der Waals surface area contributed by atoms with E-state index < -0.39 is 4.92 Å². The van der Waals surface area contributed by atoms with Crippen molar-refractivity contribution in [1.29, 1.82) is 0 Å². The number of ether oxygens (including phenoxy) is 1. The number of nitro benzene ring substituents is 1. The summed E-state index contributed by atoms with van der Waals surface area (Å²) in [5, 5.41) is 19.3. The van der Waals surface area contributed by atoms with E-state index in [9.17, 15) is 10.1 Å². The van der Waals surface area contributed by atoms with Crippen LogP contribution >= 0.6 is 0 Å². The van der Waals surface area contributed by atoms with Crippen molar-refractivity contribution < 1.29 is 9.66 Å². The second-order valence-corrected chi connectivity index (χ2v) is 4.57. The molecule has 1 aromatic carbocycles. The van der Waals surface area contributed by atoms with Gasteiger partial charge in [-0.2, -0.15) is 0 Å². The number of hydrogen-bond acceptors (Lipinski definition) is 6. The number of aromatic nitrogens is 3. The van der Waals surface area contributed by atoms with E-state index in [-0.39, 0.29) is 12.2 Å². The van der Waals surface area contributed by atoms with Gasteiger partial charge in [-0.1, -0.05) is 6.07 Å². The van der Waals surface area contributed by atoms with Crippen molar-refractivity contribution in [3.05, 3.63) is 39.7 Å². The molecule has 1 aromatic heterocycles. The summed E-state index contributed by atoms with van der Waals surface area (Å²) in [5.41, 5.74) is 6.98. The number of rotatable bonds is 6. The fourth-order valence-corrected chi connectivity index (χ4v) is 2.09. The zero-order valence-electron chi connectivity index (χ0n) is 11.9. The average Bonchev–Trinajstić information content (AvgIpc) is 2.87. The summed E-state index contributed by atoms with van der Waals surface area (Å²) in [6.45, 7) is 3.00. The zero-order chi connectivity index (χ0) is 15.4. The molecular formula is C13H17N5O3. The molecule has 0 unspecified atom stereocenters. The Kier molecular flexibility index (Phi) is 4.61. The number of nitro groups is 1. The molecule has 0 amide bonds. The first kappa shape index (κ1) is 15.1. The number of hydrogen-bond donors (Lipinski definition) is 1. The Morgan fingerprint density at radius 2 is 2.19 bits per heavy atom. The van der Waals surface area contributed by atoms with Crippen molar-refractivity contribution in [1.82, 2.24) is 14.8 Å². The summed E-state index contributed by atoms with van der Waals surface area (Å²) in [6, 6.07) is 4.90. The first-order chi connectivity index (χ1) is 10.1. The Hall–Kier alpha value is -2.32. The van der Waals surface area contributed by atoms with Crippen LogP contribution in [-0.2, 0) is 17.8 Å². The van der Waals surface area contributed by atoms with Crippen LogP contribution in [0.3, 0.4) is 0 Å². The summed E-state index contributed by atoms with van der Waals surface area (Å²) in [7, 11) is 1.58. The number of nitrogens with zero attached hydrogens (tertiary/aromatic N) is 4. The van der Waals surface area contributed by atoms with Gasteiger partial charge >= 0.3 is 0 Å². The quantitative estimate of drug-likeness (QED) is 0.634. The van der Waals surface area contributed by atoms with E-state index in [4.69, 9.17) is 10.5 Å². The van der Waals surface area contributed by atoms with Crippen LogP contribution in [0.4, 0.5) is 5.69 Å². The fourth-order valence-electron chi connectivity index (χ4n) is 2.09. The monoisotopic (exact) mass is 291 g/mol. The van der Waals surface area contributed by atoms with Crippen LogP contribution in [0, 0.1) is 17.0 Å². The molecule has 0 saturated carbocycles. The SMILES string of the molecule is COCCn1c(CN)nnc1-c1cc(C)ccc1[N+](=O)[O-]. The van der Waals surface area contributed by atoms with E-state index in [1.54, 1.807) is 23.8 Å². The topological polar surface area (TPSA) is 109 Å². The molecule has 0 aliphatic rings. The van der Waals surface area contributed by atoms with Gasteiger partial charge in [-0.3, -0.25) is 10.1 Å². The Morgan fingerprint density at radius 3 is 2.81 bits per heavy atom. The van der Waals surface area contributed by atoms with Crippen molar-refractivity contribution in [2.24, 2.45) is 5.73 Å². The number of aryl methyl sites for hydroxylation is 1. The van der Waals surface area contributed by atoms with Crippen LogP contribution < -0.4 is 5.73 Å². The maximum atomic E-state index is 11.2. The number of benzene rings is 1. The van der Waals surface area contributed by atoms with Crippen LogP contribution in [0.1, 0.15) is 11.4 Å². The molecule has 2 aromatic rings. The summed E-state index contributed by atoms with van der Waals surface area (Å²) in [4.78, 5) is 10.8. The molecule has 0 aliphatic heterocycles. The minimum atomic E-state index is -0.424. The van der Waals surface area contributed by atoms with Crippen LogP contribution in [-0.4, -0.2) is 33.4 Å². The Bertz CT molecular complexity index is 653. The first-order valence-electron chi connectivity index (χ1n) is 6.45. The predicted molar refractivity (Wildman–Crippen MR) is 76.6 cm³/mol. The maximum Gasteiger partial charge on any atom is 0.280 e. The zero-order valence-corrected chi connectivity index (χ0v) is 11.9. The standard InChI is InChI=1S/C13H17N5O3/c1-9-3-4-11(18(19)20)10(7-9)13-16-15-12(8-14)17(13)5-6-21-2/h3-4,7H,5-6,8,14H2,1-2H3. The Labute approximate surface area is 121 Å². The lowest BCUT2D eigenvalue weighted by Crippen LogP contribution is -2.13. The largest absolute Gasteiger partial charge is 0.383 e. The normalized spacial score (nSPS) is 10.8. The summed E-state index contributed by atoms with van der Waals surface area (Å²) >= 11 is 0. The van der Waals surface area contributed by atoms with Gasteiger partial charge in [-0.05, 0) is 18.6 Å². The average molecular weight is 291 g/mol. The van der Waals surface area contributed by atoms with Crippen LogP contribution in [0.2, 0.25) is 0 Å². The van der Waals surface area contributed by atoms with Crippen molar-refractivity contribution >= 4 is 5.69 Å². The highest BCUT2D eigenvalue weighted by Gasteiger charge is 2.21. The van der Waals surface area contributed by atoms with E-state index >= 15 is 0 Å². The first-order valence-corrected chi connectivity index (χ1v) is 6.45. The molecule has 0 bridgehead atoms. The second-order valence-electron chi connectivity index (χ2n) is 4.57. The van der Waals surface area contributed by atoms with E-state index in [0.717, 1.165) is 5.56 Å². The van der Waals surface area contributed by atoms with E-state index in [0.29, 0.717) is 30.4 Å². The lowest BCUT2D eigenvalue weighted by molar-refractivity contribution is -0.384. The highest BCUT2D eigenvalue weighted by molar-refractivity contribution is 5.69. The van der Waals surface area contributed by atoms with Gasteiger partial charge < -0.3 is 15.0 Å². The fraction of sp³-hybridized carbons (Fsp3) is 0.385. The van der Waals surface area contributed by atoms with Crippen molar-refractivity contribution in [2.75, 3.05) is 13.7 Å². The third-order valence-electron chi connectivity index (χ3n) is 3.12. The molecule has 0 aliphatic carbocycles. The van der Waals surface area contributed by atoms with Crippen molar-refractivity contribution in [3.63, 3.8) is 0 Å². The van der Waals surface area contributed by atoms with Crippen LogP contribution in [0.25, 0.3) is 11.4 Å². The maximum absolute atomic E-state index is 11.2. The minimum absolute atomic E-state index is 0.00441. The minimum Gasteiger partial charge on any atom is -0.383 e. The molecule has 1 heterocycles. The molecule has 0 saturated heterocycles. The van der Waals surface area contributed by atoms with E-state index in [1.807, 2.05) is 6.92 Å². The molecule has 21 heavy (non-hydrogen) atoms. The van der Waals surface area contributed by atoms with Gasteiger partial charge in [0.25, 0.3) is 5.69 Å². The van der Waals surface area contributed by atoms with Crippen LogP contribution in [0.5, 0.6) is 0 Å². The van der Waals surface area contributed by atoms with Gasteiger partial charge in [0.05, 0.1) is 23.6 Å². The molecule has 0 radical (unpaired) electrons. The molecule has 0 atom stereocenters. The highest BCUT2D eigenvalue weighted by Crippen LogP contribution is 2.29. The van der Waals surface area contributed by atoms with Gasteiger partial charge in [0.2, 0.25) is 0 Å². The second kappa shape index (κ2) is 6.42. The molecule has 0 fully saturated rings. The van der Waals surface area contributed by atoms with Gasteiger partial charge in [0.1, 0.15) is 5.82 Å². The Morgan fingerprint density at radius 1 is 1.43 bits per heavy atom. The molecule has 8 nitrogen and oxygen atoms in total. The van der Waals surface area contributed by atoms with Gasteiger partial charge in [0, 0.05) is 19.7 Å². The summed E-state index contributed by atoms with van der Waals surface area (Å²) in [6.07, 6.45) is 0. The summed E-state index contributed by atoms with van der Waals surface area (Å²) < 4.78 is 6.81. The van der Waals surface area contributed by atoms with Crippen molar-refractivity contribution in [2.45, 2.75) is 20.0 Å². The third-order valence-corrected chi connectivity index (χ3v) is 3.12. The lowest BCUT2D eigenvalue weighted by Gasteiger charge is -2.09. The number of methoxy groups -OCH3 is 1. The molecular weight excluding hydrogens is 274 g/mol. The van der Waals surface area contributed by atoms with E-state index in [2.05, 4.69) is 10.2 Å². The highest BCUT2D eigenvalue weighted by atomic mass is 16.6. The molecule has 2 N–H and O–H groups in total. The van der Waals surface area contributed by atoms with Gasteiger partial charge in [-0.15, -0.1) is 10.2 Å². The number of nitrogens with two attached hydrogens (primary N) is 1. The Balaban J connectivity index is 2.58. The van der Waals surface area contributed by atoms with E-state index in [1.165, 1.54) is 6.07 Å². The molecule has 2 rings (SSSR count). The predicted octanol–water partition coefficient (Wildman–Crippen LogP) is 1.27. The molecule has 112 valence electrons. The van der Waals surface area contributed by atoms with Gasteiger partial charge in [0.15, 0.2) is 5.82 Å². The molecule has 8 heteroatoms. The summed E-state index contributed by atoms with van der Waals surface area (Å²) in [5.74, 6) is 1.00. The third kappa shape index (κ3) is 3.06.